The number of anilines is 1. The van der Waals surface area contributed by atoms with Crippen LogP contribution in [0, 0.1) is 0 Å². The molecule has 0 aromatic heterocycles. The quantitative estimate of drug-likeness (QED) is 0.758. The van der Waals surface area contributed by atoms with E-state index in [0.29, 0.717) is 17.2 Å². The Bertz CT molecular complexity index is 406. The van der Waals surface area contributed by atoms with Crippen molar-refractivity contribution in [2.45, 2.75) is 19.9 Å². The van der Waals surface area contributed by atoms with E-state index >= 15 is 0 Å². The average Bonchev–Trinajstić information content (AvgIpc) is 2.27. The molecular formula is C13H18ClNO2. The van der Waals surface area contributed by atoms with Crippen molar-refractivity contribution in [3.05, 3.63) is 28.8 Å². The number of carbonyl (C=O) groups excluding carboxylic acids is 1. The molecule has 1 atom stereocenters. The van der Waals surface area contributed by atoms with Gasteiger partial charge in [0, 0.05) is 31.5 Å². The smallest absolute Gasteiger partial charge is 0.161 e. The van der Waals surface area contributed by atoms with E-state index in [1.165, 1.54) is 6.92 Å². The van der Waals surface area contributed by atoms with E-state index in [1.54, 1.807) is 13.2 Å². The first kappa shape index (κ1) is 14.0. The van der Waals surface area contributed by atoms with Crippen LogP contribution < -0.4 is 4.90 Å². The highest BCUT2D eigenvalue weighted by molar-refractivity contribution is 6.34. The van der Waals surface area contributed by atoms with E-state index in [1.807, 2.05) is 19.2 Å². The van der Waals surface area contributed by atoms with E-state index in [9.17, 15) is 4.79 Å². The molecule has 94 valence electrons. The van der Waals surface area contributed by atoms with Crippen LogP contribution in [0.1, 0.15) is 24.2 Å². The van der Waals surface area contributed by atoms with Gasteiger partial charge in [0.15, 0.2) is 5.78 Å². The summed E-state index contributed by atoms with van der Waals surface area (Å²) in [6.07, 6.45) is 0. The Kier molecular flexibility index (Phi) is 4.97. The zero-order valence-electron chi connectivity index (χ0n) is 10.7. The first-order valence-electron chi connectivity index (χ1n) is 5.49. The van der Waals surface area contributed by atoms with Gasteiger partial charge in [-0.25, -0.2) is 0 Å². The van der Waals surface area contributed by atoms with Crippen LogP contribution in [0.3, 0.4) is 0 Å². The molecule has 0 heterocycles. The number of benzene rings is 1. The van der Waals surface area contributed by atoms with Crippen LogP contribution in [0.25, 0.3) is 0 Å². The fourth-order valence-corrected chi connectivity index (χ4v) is 1.92. The highest BCUT2D eigenvalue weighted by Crippen LogP contribution is 2.24. The standard InChI is InChI=1S/C13H18ClNO2/c1-9(8-17-4)15(3)11-5-6-12(10(2)16)13(14)7-11/h5-7,9H,8H2,1-4H3. The molecule has 1 aromatic carbocycles. The Labute approximate surface area is 107 Å². The van der Waals surface area contributed by atoms with E-state index in [2.05, 4.69) is 11.8 Å². The molecule has 1 aromatic rings. The lowest BCUT2D eigenvalue weighted by Crippen LogP contribution is -2.32. The number of halogens is 1. The molecule has 17 heavy (non-hydrogen) atoms. The lowest BCUT2D eigenvalue weighted by molar-refractivity contribution is 0.101. The number of methoxy groups -OCH3 is 1. The van der Waals surface area contributed by atoms with E-state index in [4.69, 9.17) is 16.3 Å². The number of Topliss-reactive ketones (excluding diaryl/α,β-unsaturated/α-hetero) is 1. The van der Waals surface area contributed by atoms with Crippen LogP contribution in [0.15, 0.2) is 18.2 Å². The maximum absolute atomic E-state index is 11.3. The minimum Gasteiger partial charge on any atom is -0.383 e. The Morgan fingerprint density at radius 3 is 2.65 bits per heavy atom. The average molecular weight is 256 g/mol. The molecule has 0 bridgehead atoms. The largest absolute Gasteiger partial charge is 0.383 e. The molecule has 0 aliphatic heterocycles. The van der Waals surface area contributed by atoms with Crippen molar-refractivity contribution in [1.82, 2.24) is 0 Å². The number of hydrogen-bond donors (Lipinski definition) is 0. The third-order valence-electron chi connectivity index (χ3n) is 2.81. The van der Waals surface area contributed by atoms with Gasteiger partial charge < -0.3 is 9.64 Å². The summed E-state index contributed by atoms with van der Waals surface area (Å²) >= 11 is 6.07. The number of nitrogens with zero attached hydrogens (tertiary/aromatic N) is 1. The first-order valence-corrected chi connectivity index (χ1v) is 5.87. The number of carbonyl (C=O) groups is 1. The zero-order valence-corrected chi connectivity index (χ0v) is 11.4. The minimum absolute atomic E-state index is 0.0193. The highest BCUT2D eigenvalue weighted by atomic mass is 35.5. The highest BCUT2D eigenvalue weighted by Gasteiger charge is 2.12. The Balaban J connectivity index is 2.93. The summed E-state index contributed by atoms with van der Waals surface area (Å²) in [6, 6.07) is 5.72. The summed E-state index contributed by atoms with van der Waals surface area (Å²) in [5.74, 6) is -0.0193. The molecular weight excluding hydrogens is 238 g/mol. The molecule has 1 unspecified atom stereocenters. The van der Waals surface area contributed by atoms with Crippen molar-refractivity contribution in [3.63, 3.8) is 0 Å². The van der Waals surface area contributed by atoms with Crippen LogP contribution >= 0.6 is 11.6 Å². The second-order valence-electron chi connectivity index (χ2n) is 4.14. The summed E-state index contributed by atoms with van der Waals surface area (Å²) in [5, 5.41) is 0.492. The van der Waals surface area contributed by atoms with Crippen molar-refractivity contribution in [2.75, 3.05) is 25.7 Å². The second-order valence-corrected chi connectivity index (χ2v) is 4.54. The molecule has 1 rings (SSSR count). The normalized spacial score (nSPS) is 12.3. The van der Waals surface area contributed by atoms with Gasteiger partial charge in [-0.2, -0.15) is 0 Å². The summed E-state index contributed by atoms with van der Waals surface area (Å²) in [5.41, 5.74) is 1.53. The van der Waals surface area contributed by atoms with E-state index < -0.39 is 0 Å². The van der Waals surface area contributed by atoms with Gasteiger partial charge in [0.2, 0.25) is 0 Å². The van der Waals surface area contributed by atoms with Gasteiger partial charge in [-0.05, 0) is 32.0 Å². The first-order chi connectivity index (χ1) is 7.97. The number of ketones is 1. The van der Waals surface area contributed by atoms with Crippen molar-refractivity contribution in [1.29, 1.82) is 0 Å². The minimum atomic E-state index is -0.0193. The second kappa shape index (κ2) is 6.03. The van der Waals surface area contributed by atoms with E-state index in [0.717, 1.165) is 5.69 Å². The molecule has 3 nitrogen and oxygen atoms in total. The number of rotatable bonds is 5. The summed E-state index contributed by atoms with van der Waals surface area (Å²) < 4.78 is 5.11. The maximum atomic E-state index is 11.3. The zero-order chi connectivity index (χ0) is 13.0. The molecule has 0 N–H and O–H groups in total. The predicted octanol–water partition coefficient (Wildman–Crippen LogP) is 3.01. The topological polar surface area (TPSA) is 29.5 Å². The van der Waals surface area contributed by atoms with Crippen molar-refractivity contribution < 1.29 is 9.53 Å². The molecule has 0 fully saturated rings. The third-order valence-corrected chi connectivity index (χ3v) is 3.12. The van der Waals surface area contributed by atoms with Crippen LogP contribution in [0.4, 0.5) is 5.69 Å². The van der Waals surface area contributed by atoms with Gasteiger partial charge in [-0.3, -0.25) is 4.79 Å². The van der Waals surface area contributed by atoms with Gasteiger partial charge in [-0.1, -0.05) is 11.6 Å². The Hall–Kier alpha value is -1.06. The van der Waals surface area contributed by atoms with Gasteiger partial charge in [-0.15, -0.1) is 0 Å². The summed E-state index contributed by atoms with van der Waals surface area (Å²) in [4.78, 5) is 13.3. The monoisotopic (exact) mass is 255 g/mol. The van der Waals surface area contributed by atoms with Crippen LogP contribution in [-0.4, -0.2) is 32.6 Å². The number of likely N-dealkylation sites (N-methyl/N-ethyl adjacent to an activating group) is 1. The number of ether oxygens (including phenoxy) is 1. The molecule has 0 aliphatic carbocycles. The van der Waals surface area contributed by atoms with Crippen molar-refractivity contribution in [2.24, 2.45) is 0 Å². The lowest BCUT2D eigenvalue weighted by Gasteiger charge is -2.26. The van der Waals surface area contributed by atoms with Crippen LogP contribution in [0.2, 0.25) is 5.02 Å². The molecule has 0 aliphatic rings. The SMILES string of the molecule is COCC(C)N(C)c1ccc(C(C)=O)c(Cl)c1. The number of hydrogen-bond acceptors (Lipinski definition) is 3. The third kappa shape index (κ3) is 3.45. The molecule has 0 radical (unpaired) electrons. The van der Waals surface area contributed by atoms with Gasteiger partial charge >= 0.3 is 0 Å². The maximum Gasteiger partial charge on any atom is 0.161 e. The Morgan fingerprint density at radius 2 is 2.18 bits per heavy atom. The fraction of sp³-hybridized carbons (Fsp3) is 0.462. The van der Waals surface area contributed by atoms with Gasteiger partial charge in [0.25, 0.3) is 0 Å². The van der Waals surface area contributed by atoms with Crippen LogP contribution in [0.5, 0.6) is 0 Å². The summed E-state index contributed by atoms with van der Waals surface area (Å²) in [7, 11) is 3.65. The molecule has 0 saturated carbocycles. The molecule has 4 heteroatoms. The molecule has 0 amide bonds. The lowest BCUT2D eigenvalue weighted by atomic mass is 10.1. The van der Waals surface area contributed by atoms with Crippen LogP contribution in [-0.2, 0) is 4.74 Å². The van der Waals surface area contributed by atoms with Gasteiger partial charge in [0.05, 0.1) is 11.6 Å². The molecule has 0 spiro atoms. The van der Waals surface area contributed by atoms with Gasteiger partial charge in [0.1, 0.15) is 0 Å². The molecule has 0 saturated heterocycles. The fourth-order valence-electron chi connectivity index (χ4n) is 1.62. The van der Waals surface area contributed by atoms with Crippen molar-refractivity contribution in [3.8, 4) is 0 Å². The predicted molar refractivity (Wildman–Crippen MR) is 71.2 cm³/mol. The Morgan fingerprint density at radius 1 is 1.53 bits per heavy atom. The van der Waals surface area contributed by atoms with E-state index in [-0.39, 0.29) is 11.8 Å². The van der Waals surface area contributed by atoms with Crippen molar-refractivity contribution >= 4 is 23.1 Å². The summed E-state index contributed by atoms with van der Waals surface area (Å²) in [6.45, 7) is 4.22.